The minimum atomic E-state index is -0.446. The van der Waals surface area contributed by atoms with Gasteiger partial charge in [-0.25, -0.2) is 15.8 Å². The van der Waals surface area contributed by atoms with Crippen molar-refractivity contribution in [3.63, 3.8) is 0 Å². The third-order valence-electron chi connectivity index (χ3n) is 1.36. The summed E-state index contributed by atoms with van der Waals surface area (Å²) < 4.78 is 9.22. The third-order valence-corrected chi connectivity index (χ3v) is 1.36. The maximum absolute atomic E-state index is 10.6. The maximum atomic E-state index is 10.6. The van der Waals surface area contributed by atoms with Gasteiger partial charge in [-0.15, -0.1) is 0 Å². The van der Waals surface area contributed by atoms with Gasteiger partial charge in [0, 0.05) is 7.11 Å². The summed E-state index contributed by atoms with van der Waals surface area (Å²) >= 11 is 0. The molecule has 0 unspecified atom stereocenters. The van der Waals surface area contributed by atoms with Crippen LogP contribution in [0.5, 0.6) is 0 Å². The molecule has 0 bridgehead atoms. The van der Waals surface area contributed by atoms with Crippen LogP contribution in [0.2, 0.25) is 0 Å². The van der Waals surface area contributed by atoms with Crippen molar-refractivity contribution in [3.8, 4) is 0 Å². The van der Waals surface area contributed by atoms with Crippen LogP contribution in [0.3, 0.4) is 0 Å². The number of nitrogens with zero attached hydrogens (tertiary/aromatic N) is 1. The SMILES string of the molecule is COCCN(N)c1cc(=O)o[nH]1. The molecule has 1 heterocycles. The summed E-state index contributed by atoms with van der Waals surface area (Å²) in [7, 11) is 1.58. The average Bonchev–Trinajstić information content (AvgIpc) is 2.47. The van der Waals surface area contributed by atoms with Crippen molar-refractivity contribution >= 4 is 5.82 Å². The molecule has 1 aromatic rings. The van der Waals surface area contributed by atoms with E-state index < -0.39 is 5.63 Å². The van der Waals surface area contributed by atoms with Gasteiger partial charge in [-0.1, -0.05) is 0 Å². The number of methoxy groups -OCH3 is 1. The van der Waals surface area contributed by atoms with Gasteiger partial charge in [0.2, 0.25) is 0 Å². The Hall–Kier alpha value is -1.27. The average molecular weight is 173 g/mol. The summed E-state index contributed by atoms with van der Waals surface area (Å²) in [6.45, 7) is 0.982. The first kappa shape index (κ1) is 8.82. The predicted molar refractivity (Wildman–Crippen MR) is 42.7 cm³/mol. The zero-order chi connectivity index (χ0) is 8.97. The van der Waals surface area contributed by atoms with E-state index in [4.69, 9.17) is 10.6 Å². The minimum Gasteiger partial charge on any atom is -0.383 e. The van der Waals surface area contributed by atoms with E-state index in [9.17, 15) is 4.79 Å². The summed E-state index contributed by atoms with van der Waals surface area (Å²) in [4.78, 5) is 10.6. The quantitative estimate of drug-likeness (QED) is 0.464. The molecule has 0 atom stereocenters. The maximum Gasteiger partial charge on any atom is 0.359 e. The lowest BCUT2D eigenvalue weighted by molar-refractivity contribution is 0.205. The molecule has 0 spiro atoms. The fourth-order valence-corrected chi connectivity index (χ4v) is 0.725. The fourth-order valence-electron chi connectivity index (χ4n) is 0.725. The molecule has 0 saturated heterocycles. The van der Waals surface area contributed by atoms with Crippen molar-refractivity contribution in [1.29, 1.82) is 0 Å². The van der Waals surface area contributed by atoms with E-state index in [-0.39, 0.29) is 0 Å². The Labute approximate surface area is 68.8 Å². The number of H-pyrrole nitrogens is 1. The lowest BCUT2D eigenvalue weighted by Gasteiger charge is -2.13. The highest BCUT2D eigenvalue weighted by Crippen LogP contribution is 2.00. The highest BCUT2D eigenvalue weighted by Gasteiger charge is 2.03. The van der Waals surface area contributed by atoms with Gasteiger partial charge in [0.05, 0.1) is 19.2 Å². The number of aromatic amines is 1. The second-order valence-corrected chi connectivity index (χ2v) is 2.24. The number of rotatable bonds is 4. The monoisotopic (exact) mass is 173 g/mol. The zero-order valence-electron chi connectivity index (χ0n) is 6.74. The zero-order valence-corrected chi connectivity index (χ0v) is 6.74. The highest BCUT2D eigenvalue weighted by atomic mass is 16.5. The standard InChI is InChI=1S/C6H11N3O3/c1-11-3-2-9(7)5-4-6(10)12-8-5/h4,8H,2-3,7H2,1H3. The number of nitrogens with two attached hydrogens (primary N) is 1. The second-order valence-electron chi connectivity index (χ2n) is 2.24. The molecule has 0 fully saturated rings. The Bertz CT molecular complexity index is 280. The summed E-state index contributed by atoms with van der Waals surface area (Å²) in [5.74, 6) is 5.96. The normalized spacial score (nSPS) is 10.2. The van der Waals surface area contributed by atoms with Crippen molar-refractivity contribution in [2.75, 3.05) is 25.3 Å². The molecular weight excluding hydrogens is 162 g/mol. The van der Waals surface area contributed by atoms with Crippen LogP contribution in [-0.2, 0) is 4.74 Å². The summed E-state index contributed by atoms with van der Waals surface area (Å²) in [6.07, 6.45) is 0. The third kappa shape index (κ3) is 2.11. The Morgan fingerprint density at radius 3 is 3.08 bits per heavy atom. The first-order chi connectivity index (χ1) is 5.74. The van der Waals surface area contributed by atoms with E-state index in [0.717, 1.165) is 0 Å². The molecule has 0 radical (unpaired) electrons. The molecule has 3 N–H and O–H groups in total. The van der Waals surface area contributed by atoms with Crippen LogP contribution in [0.25, 0.3) is 0 Å². The van der Waals surface area contributed by atoms with Crippen LogP contribution in [0, 0.1) is 0 Å². The molecule has 6 heteroatoms. The van der Waals surface area contributed by atoms with Gasteiger partial charge in [0.25, 0.3) is 0 Å². The number of aromatic nitrogens is 1. The van der Waals surface area contributed by atoms with Gasteiger partial charge in [-0.05, 0) is 0 Å². The molecule has 1 aromatic heterocycles. The molecular formula is C6H11N3O3. The number of hydrazine groups is 1. The molecule has 0 aliphatic carbocycles. The van der Waals surface area contributed by atoms with Crippen molar-refractivity contribution in [3.05, 3.63) is 16.5 Å². The van der Waals surface area contributed by atoms with E-state index >= 15 is 0 Å². The Morgan fingerprint density at radius 2 is 2.58 bits per heavy atom. The summed E-state index contributed by atoms with van der Waals surface area (Å²) in [5.41, 5.74) is -0.446. The van der Waals surface area contributed by atoms with Crippen LogP contribution in [0.4, 0.5) is 5.82 Å². The van der Waals surface area contributed by atoms with Crippen molar-refractivity contribution in [1.82, 2.24) is 5.16 Å². The lowest BCUT2D eigenvalue weighted by Crippen LogP contribution is -2.34. The van der Waals surface area contributed by atoms with E-state index in [1.54, 1.807) is 7.11 Å². The number of hydrogen-bond acceptors (Lipinski definition) is 5. The number of nitrogens with one attached hydrogen (secondary N) is 1. The second kappa shape index (κ2) is 3.93. The largest absolute Gasteiger partial charge is 0.383 e. The number of anilines is 1. The molecule has 0 amide bonds. The van der Waals surface area contributed by atoms with Crippen molar-refractivity contribution in [2.45, 2.75) is 0 Å². The Balaban J connectivity index is 2.53. The molecule has 6 nitrogen and oxygen atoms in total. The fraction of sp³-hybridized carbons (Fsp3) is 0.500. The van der Waals surface area contributed by atoms with Gasteiger partial charge in [-0.2, -0.15) is 0 Å². The molecule has 0 aromatic carbocycles. The number of hydrogen-bond donors (Lipinski definition) is 2. The van der Waals surface area contributed by atoms with E-state index in [1.807, 2.05) is 0 Å². The number of ether oxygens (including phenoxy) is 1. The van der Waals surface area contributed by atoms with Crippen LogP contribution in [-0.4, -0.2) is 25.4 Å². The Kier molecular flexibility index (Phi) is 2.89. The van der Waals surface area contributed by atoms with Gasteiger partial charge in [0.15, 0.2) is 5.82 Å². The van der Waals surface area contributed by atoms with E-state index in [2.05, 4.69) is 9.68 Å². The van der Waals surface area contributed by atoms with Crippen LogP contribution < -0.4 is 16.5 Å². The minimum absolute atomic E-state index is 0.442. The molecule has 68 valence electrons. The summed E-state index contributed by atoms with van der Waals surface area (Å²) in [5, 5.41) is 3.71. The van der Waals surface area contributed by atoms with E-state index in [1.165, 1.54) is 11.1 Å². The first-order valence-electron chi connectivity index (χ1n) is 3.43. The smallest absolute Gasteiger partial charge is 0.359 e. The van der Waals surface area contributed by atoms with Crippen molar-refractivity contribution < 1.29 is 9.26 Å². The van der Waals surface area contributed by atoms with Gasteiger partial charge in [-0.3, -0.25) is 5.01 Å². The molecule has 0 aliphatic heterocycles. The van der Waals surface area contributed by atoms with Gasteiger partial charge >= 0.3 is 5.63 Å². The summed E-state index contributed by atoms with van der Waals surface area (Å²) in [6, 6.07) is 1.27. The van der Waals surface area contributed by atoms with Crippen LogP contribution in [0.1, 0.15) is 0 Å². The van der Waals surface area contributed by atoms with E-state index in [0.29, 0.717) is 19.0 Å². The first-order valence-corrected chi connectivity index (χ1v) is 3.43. The topological polar surface area (TPSA) is 84.5 Å². The lowest BCUT2D eigenvalue weighted by atomic mass is 10.5. The Morgan fingerprint density at radius 1 is 1.83 bits per heavy atom. The predicted octanol–water partition coefficient (Wildman–Crippen LogP) is -0.706. The molecule has 0 aliphatic rings. The van der Waals surface area contributed by atoms with Gasteiger partial charge in [0.1, 0.15) is 0 Å². The molecule has 1 rings (SSSR count). The van der Waals surface area contributed by atoms with Crippen molar-refractivity contribution in [2.24, 2.45) is 5.84 Å². The highest BCUT2D eigenvalue weighted by molar-refractivity contribution is 5.32. The molecule has 12 heavy (non-hydrogen) atoms. The van der Waals surface area contributed by atoms with Crippen LogP contribution in [0.15, 0.2) is 15.4 Å². The van der Waals surface area contributed by atoms with Gasteiger partial charge < -0.3 is 9.26 Å². The molecule has 0 saturated carbocycles. The van der Waals surface area contributed by atoms with Crippen LogP contribution >= 0.6 is 0 Å².